The fraction of sp³-hybridized carbons (Fsp3) is 0.0400. The molecular weight excluding hydrogens is 500 g/mol. The highest BCUT2D eigenvalue weighted by atomic mass is 79.9. The number of hydrogen-bond donors (Lipinski definition) is 0. The number of aromatic nitrogens is 4. The molecule has 0 radical (unpaired) electrons. The summed E-state index contributed by atoms with van der Waals surface area (Å²) in [5.74, 6) is 1.17. The van der Waals surface area contributed by atoms with Crippen molar-refractivity contribution in [3.8, 4) is 23.0 Å². The number of nitrogens with zero attached hydrogens (tertiary/aromatic N) is 4. The molecule has 1 aliphatic rings. The average Bonchev–Trinajstić information content (AvgIpc) is 3.53. The maximum Gasteiger partial charge on any atom is 0.344 e. The lowest BCUT2D eigenvalue weighted by Gasteiger charge is -2.25. The largest absolute Gasteiger partial charge is 0.468 e. The lowest BCUT2D eigenvalue weighted by Crippen LogP contribution is -2.22. The van der Waals surface area contributed by atoms with Crippen LogP contribution in [-0.2, 0) is 0 Å². The molecule has 0 saturated carbocycles. The number of halogens is 1. The van der Waals surface area contributed by atoms with Gasteiger partial charge in [-0.1, -0.05) is 40.2 Å². The van der Waals surface area contributed by atoms with Crippen LogP contribution in [0.3, 0.4) is 0 Å². The van der Waals surface area contributed by atoms with Gasteiger partial charge in [0.15, 0.2) is 17.2 Å². The Balaban J connectivity index is 1.55. The van der Waals surface area contributed by atoms with E-state index in [1.54, 1.807) is 35.3 Å². The molecule has 4 aromatic heterocycles. The van der Waals surface area contributed by atoms with E-state index in [9.17, 15) is 4.79 Å². The molecule has 164 valence electrons. The molecule has 7 rings (SSSR count). The summed E-state index contributed by atoms with van der Waals surface area (Å²) in [7, 11) is 0. The zero-order valence-electron chi connectivity index (χ0n) is 17.3. The van der Waals surface area contributed by atoms with Gasteiger partial charge >= 0.3 is 5.63 Å². The van der Waals surface area contributed by atoms with Gasteiger partial charge in [0.1, 0.15) is 17.7 Å². The maximum atomic E-state index is 13.2. The van der Waals surface area contributed by atoms with Crippen LogP contribution in [-0.4, -0.2) is 19.6 Å². The summed E-state index contributed by atoms with van der Waals surface area (Å²) >= 11 is 3.56. The molecule has 6 aromatic rings. The van der Waals surface area contributed by atoms with E-state index in [1.807, 2.05) is 42.5 Å². The molecule has 0 amide bonds. The van der Waals surface area contributed by atoms with Gasteiger partial charge in [-0.3, -0.25) is 0 Å². The molecular formula is C25H13BrN4O4. The highest BCUT2D eigenvalue weighted by Crippen LogP contribution is 2.48. The van der Waals surface area contributed by atoms with Gasteiger partial charge in [-0.25, -0.2) is 19.3 Å². The highest BCUT2D eigenvalue weighted by molar-refractivity contribution is 9.10. The predicted octanol–water partition coefficient (Wildman–Crippen LogP) is 5.54. The number of hydrogen-bond acceptors (Lipinski definition) is 7. The monoisotopic (exact) mass is 512 g/mol. The summed E-state index contributed by atoms with van der Waals surface area (Å²) in [6.07, 6.45) is 3.12. The minimum atomic E-state index is -0.637. The molecule has 0 fully saturated rings. The topological polar surface area (TPSA) is 95.7 Å². The van der Waals surface area contributed by atoms with Crippen molar-refractivity contribution in [1.29, 1.82) is 0 Å². The summed E-state index contributed by atoms with van der Waals surface area (Å²) < 4.78 is 20.1. The first-order chi connectivity index (χ1) is 16.7. The first-order valence-corrected chi connectivity index (χ1v) is 11.3. The second-order valence-corrected chi connectivity index (χ2v) is 8.68. The summed E-state index contributed by atoms with van der Waals surface area (Å²) in [6.45, 7) is 0. The Bertz CT molecular complexity index is 1790. The van der Waals surface area contributed by atoms with E-state index in [-0.39, 0.29) is 0 Å². The Morgan fingerprint density at radius 1 is 0.971 bits per heavy atom. The van der Waals surface area contributed by atoms with Crippen molar-refractivity contribution in [2.24, 2.45) is 0 Å². The zero-order valence-corrected chi connectivity index (χ0v) is 18.9. The van der Waals surface area contributed by atoms with Crippen LogP contribution < -0.4 is 10.4 Å². The quantitative estimate of drug-likeness (QED) is 0.280. The molecule has 34 heavy (non-hydrogen) atoms. The smallest absolute Gasteiger partial charge is 0.344 e. The average molecular weight is 513 g/mol. The number of furan rings is 1. The molecule has 5 heterocycles. The van der Waals surface area contributed by atoms with Gasteiger partial charge in [0.25, 0.3) is 0 Å². The van der Waals surface area contributed by atoms with E-state index < -0.39 is 11.5 Å². The van der Waals surface area contributed by atoms with Crippen LogP contribution >= 0.6 is 15.9 Å². The van der Waals surface area contributed by atoms with Crippen LogP contribution in [0, 0.1) is 0 Å². The summed E-state index contributed by atoms with van der Waals surface area (Å²) in [6, 6.07) is 18.5. The highest BCUT2D eigenvalue weighted by Gasteiger charge is 2.39. The van der Waals surface area contributed by atoms with Crippen LogP contribution in [0.15, 0.2) is 91.4 Å². The lowest BCUT2D eigenvalue weighted by molar-refractivity contribution is 0.406. The van der Waals surface area contributed by atoms with Gasteiger partial charge in [0.2, 0.25) is 5.88 Å². The molecule has 2 aromatic carbocycles. The second kappa shape index (κ2) is 7.13. The van der Waals surface area contributed by atoms with Crippen molar-refractivity contribution in [1.82, 2.24) is 19.6 Å². The van der Waals surface area contributed by atoms with Crippen molar-refractivity contribution < 1.29 is 13.6 Å². The number of ether oxygens (including phenoxy) is 1. The number of fused-ring (bicyclic) bond motifs is 6. The summed E-state index contributed by atoms with van der Waals surface area (Å²) in [5, 5.41) is 5.30. The molecule has 1 unspecified atom stereocenters. The van der Waals surface area contributed by atoms with E-state index >= 15 is 0 Å². The summed E-state index contributed by atoms with van der Waals surface area (Å²) in [5.41, 5.74) is 2.19. The Labute approximate surface area is 199 Å². The van der Waals surface area contributed by atoms with Crippen LogP contribution in [0.4, 0.5) is 0 Å². The van der Waals surface area contributed by atoms with E-state index in [0.717, 1.165) is 10.0 Å². The number of benzene rings is 2. The number of rotatable bonds is 2. The molecule has 0 N–H and O–H groups in total. The molecule has 0 spiro atoms. The molecule has 0 aliphatic carbocycles. The zero-order chi connectivity index (χ0) is 22.8. The normalized spacial score (nSPS) is 14.7. The van der Waals surface area contributed by atoms with Crippen molar-refractivity contribution in [2.75, 3.05) is 0 Å². The lowest BCUT2D eigenvalue weighted by atomic mass is 9.88. The van der Waals surface area contributed by atoms with Gasteiger partial charge in [-0.15, -0.1) is 5.10 Å². The van der Waals surface area contributed by atoms with Crippen LogP contribution in [0.1, 0.15) is 22.8 Å². The van der Waals surface area contributed by atoms with Crippen LogP contribution in [0.2, 0.25) is 0 Å². The SMILES string of the molecule is O=c1oc2ccccc2c2c1C(c1ccco1)c1c(ncn3nc(-c4ccccc4Br)nc13)O2. The Kier molecular flexibility index (Phi) is 4.04. The second-order valence-electron chi connectivity index (χ2n) is 7.83. The van der Waals surface area contributed by atoms with Crippen molar-refractivity contribution in [3.05, 3.63) is 105 Å². The Morgan fingerprint density at radius 3 is 2.68 bits per heavy atom. The van der Waals surface area contributed by atoms with Gasteiger partial charge < -0.3 is 13.6 Å². The molecule has 9 heteroatoms. The Hall–Kier alpha value is -4.24. The fourth-order valence-electron chi connectivity index (χ4n) is 4.43. The third kappa shape index (κ3) is 2.70. The minimum Gasteiger partial charge on any atom is -0.468 e. The van der Waals surface area contributed by atoms with Crippen molar-refractivity contribution in [3.63, 3.8) is 0 Å². The van der Waals surface area contributed by atoms with E-state index in [0.29, 0.717) is 51.0 Å². The van der Waals surface area contributed by atoms with E-state index in [2.05, 4.69) is 26.0 Å². The van der Waals surface area contributed by atoms with Gasteiger partial charge in [0.05, 0.1) is 28.7 Å². The summed E-state index contributed by atoms with van der Waals surface area (Å²) in [4.78, 5) is 22.6. The predicted molar refractivity (Wildman–Crippen MR) is 126 cm³/mol. The van der Waals surface area contributed by atoms with Gasteiger partial charge in [-0.2, -0.15) is 0 Å². The fourth-order valence-corrected chi connectivity index (χ4v) is 4.89. The standard InChI is InChI=1S/C25H13BrN4O4/c26-15-8-3-1-6-13(15)22-28-23-20-18(17-10-5-11-32-17)19-21(34-24(20)27-12-30(23)29-22)14-7-2-4-9-16(14)33-25(19)31/h1-12,18H. The molecule has 1 atom stereocenters. The Morgan fingerprint density at radius 2 is 1.82 bits per heavy atom. The molecule has 1 aliphatic heterocycles. The van der Waals surface area contributed by atoms with Gasteiger partial charge in [-0.05, 0) is 36.4 Å². The van der Waals surface area contributed by atoms with Crippen molar-refractivity contribution >= 4 is 32.5 Å². The maximum absolute atomic E-state index is 13.2. The first-order valence-electron chi connectivity index (χ1n) is 10.5. The molecule has 0 bridgehead atoms. The third-order valence-electron chi connectivity index (χ3n) is 5.90. The number of para-hydroxylation sites is 1. The molecule has 8 nitrogen and oxygen atoms in total. The van der Waals surface area contributed by atoms with Crippen molar-refractivity contribution in [2.45, 2.75) is 5.92 Å². The van der Waals surface area contributed by atoms with Crippen LogP contribution in [0.5, 0.6) is 11.6 Å². The third-order valence-corrected chi connectivity index (χ3v) is 6.60. The van der Waals surface area contributed by atoms with Crippen LogP contribution in [0.25, 0.3) is 28.0 Å². The van der Waals surface area contributed by atoms with Gasteiger partial charge in [0, 0.05) is 10.0 Å². The van der Waals surface area contributed by atoms with E-state index in [4.69, 9.17) is 18.6 Å². The van der Waals surface area contributed by atoms with E-state index in [1.165, 1.54) is 0 Å². The minimum absolute atomic E-state index is 0.335. The first kappa shape index (κ1) is 19.2. The molecule has 0 saturated heterocycles.